The van der Waals surface area contributed by atoms with Gasteiger partial charge in [-0.05, 0) is 24.3 Å². The molecular weight excluding hydrogens is 475 g/mol. The number of aromatic nitrogens is 2. The maximum absolute atomic E-state index is 15.4. The molecule has 3 aromatic rings. The number of imidazole rings is 1. The molecule has 0 saturated heterocycles. The summed E-state index contributed by atoms with van der Waals surface area (Å²) >= 11 is 9.50. The van der Waals surface area contributed by atoms with Crippen LogP contribution in [0, 0.1) is 5.82 Å². The van der Waals surface area contributed by atoms with Crippen molar-refractivity contribution in [2.45, 2.75) is 5.24 Å². The minimum absolute atomic E-state index is 0.0831. The number of carbonyl (C=O) groups excluding carboxylic acids is 1. The summed E-state index contributed by atoms with van der Waals surface area (Å²) in [4.78, 5) is 21.5. The normalized spacial score (nSPS) is 11.6. The highest BCUT2D eigenvalue weighted by atomic mass is 79.9. The van der Waals surface area contributed by atoms with Crippen molar-refractivity contribution in [1.82, 2.24) is 15.0 Å². The second-order valence-electron chi connectivity index (χ2n) is 6.24. The lowest BCUT2D eigenvalue weighted by atomic mass is 9.49. The number of hydrogen-bond acceptors (Lipinski definition) is 5. The Morgan fingerprint density at radius 3 is 2.73 bits per heavy atom. The standard InChI is InChI=1S/C17H12B3BrClFN4O3/c18-17(19,20)27-7-24-15-12(27)6-9(16(29)26-30-4-3-28)14(13(15)23)25-11-2-1-8(21)5-10(11)22/h1-2,5-7,25,28H,3-4H2,(H,26,29). The Morgan fingerprint density at radius 1 is 1.37 bits per heavy atom. The second-order valence-corrected chi connectivity index (χ2v) is 7.56. The van der Waals surface area contributed by atoms with Crippen LogP contribution in [0.1, 0.15) is 10.4 Å². The SMILES string of the molecule is [B]C([B])([B])n1cnc2c(F)c(Nc3ccc(Br)cc3Cl)c(C(=O)NOCCO)cc21. The highest BCUT2D eigenvalue weighted by molar-refractivity contribution is 9.10. The molecule has 13 heteroatoms. The zero-order chi connectivity index (χ0) is 22.1. The van der Waals surface area contributed by atoms with E-state index in [1.54, 1.807) is 18.2 Å². The number of hydroxylamine groups is 1. The van der Waals surface area contributed by atoms with Gasteiger partial charge in [0.2, 0.25) is 0 Å². The van der Waals surface area contributed by atoms with E-state index in [4.69, 9.17) is 45.1 Å². The molecule has 1 aromatic heterocycles. The Hall–Kier alpha value is -2.01. The van der Waals surface area contributed by atoms with Crippen LogP contribution in [-0.4, -0.2) is 57.3 Å². The van der Waals surface area contributed by atoms with Gasteiger partial charge < -0.3 is 15.0 Å². The van der Waals surface area contributed by atoms with Gasteiger partial charge in [-0.1, -0.05) is 32.8 Å². The van der Waals surface area contributed by atoms with Crippen molar-refractivity contribution in [3.05, 3.63) is 51.5 Å². The van der Waals surface area contributed by atoms with E-state index >= 15 is 4.39 Å². The van der Waals surface area contributed by atoms with Crippen LogP contribution in [-0.2, 0) is 10.1 Å². The van der Waals surface area contributed by atoms with Crippen molar-refractivity contribution < 1.29 is 19.1 Å². The van der Waals surface area contributed by atoms with Gasteiger partial charge in [-0.3, -0.25) is 9.63 Å². The first-order valence-corrected chi connectivity index (χ1v) is 9.62. The maximum Gasteiger partial charge on any atom is 0.277 e. The third kappa shape index (κ3) is 4.67. The molecule has 0 spiro atoms. The van der Waals surface area contributed by atoms with Gasteiger partial charge in [-0.15, -0.1) is 0 Å². The number of aliphatic hydroxyl groups is 1. The number of amides is 1. The molecule has 3 rings (SSSR count). The predicted octanol–water partition coefficient (Wildman–Crippen LogP) is 2.06. The van der Waals surface area contributed by atoms with Gasteiger partial charge in [0.25, 0.3) is 5.91 Å². The van der Waals surface area contributed by atoms with Crippen LogP contribution in [0.4, 0.5) is 15.8 Å². The monoisotopic (exact) mass is 486 g/mol. The average molecular weight is 487 g/mol. The summed E-state index contributed by atoms with van der Waals surface area (Å²) in [5, 5.41) is 10.0. The fraction of sp³-hybridized carbons (Fsp3) is 0.176. The third-order valence-corrected chi connectivity index (χ3v) is 4.80. The zero-order valence-electron chi connectivity index (χ0n) is 15.3. The number of benzene rings is 2. The van der Waals surface area contributed by atoms with Gasteiger partial charge >= 0.3 is 0 Å². The van der Waals surface area contributed by atoms with Crippen LogP contribution in [0.2, 0.25) is 5.02 Å². The molecule has 0 saturated carbocycles. The number of aliphatic hydroxyl groups excluding tert-OH is 1. The molecule has 6 radical (unpaired) electrons. The third-order valence-electron chi connectivity index (χ3n) is 3.99. The molecule has 0 aliphatic heterocycles. The number of rotatable bonds is 7. The Kier molecular flexibility index (Phi) is 6.81. The van der Waals surface area contributed by atoms with E-state index in [2.05, 4.69) is 31.7 Å². The van der Waals surface area contributed by atoms with Crippen LogP contribution in [0.3, 0.4) is 0 Å². The van der Waals surface area contributed by atoms with Crippen LogP contribution in [0.25, 0.3) is 11.0 Å². The van der Waals surface area contributed by atoms with E-state index in [1.807, 2.05) is 0 Å². The van der Waals surface area contributed by atoms with E-state index in [9.17, 15) is 4.79 Å². The van der Waals surface area contributed by atoms with Crippen molar-refractivity contribution in [3.63, 3.8) is 0 Å². The molecule has 0 unspecified atom stereocenters. The maximum atomic E-state index is 15.4. The number of nitrogens with zero attached hydrogens (tertiary/aromatic N) is 2. The van der Waals surface area contributed by atoms with E-state index in [-0.39, 0.29) is 40.5 Å². The molecule has 1 amide bonds. The molecule has 7 nitrogen and oxygen atoms in total. The van der Waals surface area contributed by atoms with Gasteiger partial charge in [0, 0.05) is 4.47 Å². The molecule has 2 aromatic carbocycles. The molecule has 1 heterocycles. The Bertz CT molecular complexity index is 1110. The molecule has 0 fully saturated rings. The number of anilines is 2. The van der Waals surface area contributed by atoms with Crippen LogP contribution in [0.15, 0.2) is 35.1 Å². The molecule has 0 aliphatic rings. The van der Waals surface area contributed by atoms with Crippen molar-refractivity contribution >= 4 is 79.4 Å². The minimum Gasteiger partial charge on any atom is -0.394 e. The lowest BCUT2D eigenvalue weighted by Crippen LogP contribution is -2.34. The first-order chi connectivity index (χ1) is 14.1. The quantitative estimate of drug-likeness (QED) is 0.270. The van der Waals surface area contributed by atoms with Crippen molar-refractivity contribution in [2.75, 3.05) is 18.5 Å². The number of fused-ring (bicyclic) bond motifs is 1. The van der Waals surface area contributed by atoms with E-state index in [0.29, 0.717) is 10.2 Å². The smallest absolute Gasteiger partial charge is 0.277 e. The first kappa shape index (κ1) is 22.7. The van der Waals surface area contributed by atoms with E-state index < -0.39 is 17.0 Å². The summed E-state index contributed by atoms with van der Waals surface area (Å²) in [6.07, 6.45) is 1.16. The van der Waals surface area contributed by atoms with E-state index in [0.717, 1.165) is 10.9 Å². The Balaban J connectivity index is 2.16. The van der Waals surface area contributed by atoms with Crippen LogP contribution in [0.5, 0.6) is 0 Å². The summed E-state index contributed by atoms with van der Waals surface area (Å²) in [6, 6.07) is 6.20. The average Bonchev–Trinajstić information content (AvgIpc) is 3.10. The highest BCUT2D eigenvalue weighted by Crippen LogP contribution is 2.34. The fourth-order valence-electron chi connectivity index (χ4n) is 2.66. The Labute approximate surface area is 188 Å². The second kappa shape index (κ2) is 9.01. The fourth-order valence-corrected chi connectivity index (χ4v) is 3.38. The van der Waals surface area contributed by atoms with Gasteiger partial charge in [-0.2, -0.15) is 0 Å². The van der Waals surface area contributed by atoms with Gasteiger partial charge in [0.05, 0.1) is 70.6 Å². The number of carbonyl (C=O) groups is 1. The summed E-state index contributed by atoms with van der Waals surface area (Å²) in [5.41, 5.74) is 2.05. The summed E-state index contributed by atoms with van der Waals surface area (Å²) in [5.74, 6) is -1.66. The molecule has 0 bridgehead atoms. The molecule has 30 heavy (non-hydrogen) atoms. The van der Waals surface area contributed by atoms with Crippen molar-refractivity contribution in [2.24, 2.45) is 0 Å². The van der Waals surface area contributed by atoms with Crippen molar-refractivity contribution in [3.8, 4) is 0 Å². The van der Waals surface area contributed by atoms with Crippen LogP contribution < -0.4 is 10.8 Å². The number of halogens is 3. The molecule has 0 aliphatic carbocycles. The summed E-state index contributed by atoms with van der Waals surface area (Å²) < 4.78 is 17.2. The highest BCUT2D eigenvalue weighted by Gasteiger charge is 2.25. The largest absolute Gasteiger partial charge is 0.394 e. The first-order valence-electron chi connectivity index (χ1n) is 8.45. The topological polar surface area (TPSA) is 88.4 Å². The molecule has 0 atom stereocenters. The summed E-state index contributed by atoms with van der Waals surface area (Å²) in [6.45, 7) is -0.483. The molecule has 148 valence electrons. The predicted molar refractivity (Wildman–Crippen MR) is 118 cm³/mol. The van der Waals surface area contributed by atoms with Gasteiger partial charge in [0.15, 0.2) is 5.82 Å². The number of nitrogens with one attached hydrogen (secondary N) is 2. The van der Waals surface area contributed by atoms with Gasteiger partial charge in [-0.25, -0.2) is 14.9 Å². The number of hydrogen-bond donors (Lipinski definition) is 3. The van der Waals surface area contributed by atoms with Gasteiger partial charge in [0.1, 0.15) is 5.52 Å². The zero-order valence-corrected chi connectivity index (χ0v) is 17.7. The Morgan fingerprint density at radius 2 is 2.10 bits per heavy atom. The molecular formula is C17H12B3BrClFN4O3. The lowest BCUT2D eigenvalue weighted by molar-refractivity contribution is 0.0169. The van der Waals surface area contributed by atoms with Crippen LogP contribution >= 0.6 is 27.5 Å². The summed E-state index contributed by atoms with van der Waals surface area (Å²) in [7, 11) is 17.1. The van der Waals surface area contributed by atoms with Crippen molar-refractivity contribution in [1.29, 1.82) is 0 Å². The minimum atomic E-state index is -1.88. The molecule has 3 N–H and O–H groups in total. The lowest BCUT2D eigenvalue weighted by Gasteiger charge is -2.24. The van der Waals surface area contributed by atoms with E-state index in [1.165, 1.54) is 6.07 Å².